The Kier molecular flexibility index (Phi) is 6.89. The number of nitrogens with zero attached hydrogens (tertiary/aromatic N) is 2. The van der Waals surface area contributed by atoms with Crippen LogP contribution >= 0.6 is 0 Å². The molecule has 0 radical (unpaired) electrons. The van der Waals surface area contributed by atoms with Crippen LogP contribution in [0.15, 0.2) is 53.8 Å². The Morgan fingerprint density at radius 2 is 1.85 bits per heavy atom. The number of piperidine rings is 1. The lowest BCUT2D eigenvalue weighted by atomic mass is 10.1. The molecule has 2 heterocycles. The molecule has 1 atom stereocenters. The largest absolute Gasteiger partial charge is 0.343 e. The SMILES string of the molecule is CC(C)=CC(F)C/C(C)=C/Cn1cc(CN2CCCCC2)c2ccccc21. The highest BCUT2D eigenvalue weighted by Crippen LogP contribution is 2.24. The van der Waals surface area contributed by atoms with E-state index in [-0.39, 0.29) is 0 Å². The van der Waals surface area contributed by atoms with Gasteiger partial charge in [0.25, 0.3) is 0 Å². The van der Waals surface area contributed by atoms with Crippen LogP contribution in [0.2, 0.25) is 0 Å². The van der Waals surface area contributed by atoms with E-state index >= 15 is 0 Å². The predicted octanol–water partition coefficient (Wildman–Crippen LogP) is 6.27. The molecule has 2 nitrogen and oxygen atoms in total. The lowest BCUT2D eigenvalue weighted by molar-refractivity contribution is 0.221. The second kappa shape index (κ2) is 9.36. The Hall–Kier alpha value is -1.87. The Morgan fingerprint density at radius 3 is 2.59 bits per heavy atom. The van der Waals surface area contributed by atoms with Gasteiger partial charge in [0.15, 0.2) is 0 Å². The fourth-order valence-electron chi connectivity index (χ4n) is 4.02. The van der Waals surface area contributed by atoms with Crippen LogP contribution in [0.3, 0.4) is 0 Å². The highest BCUT2D eigenvalue weighted by molar-refractivity contribution is 5.84. The van der Waals surface area contributed by atoms with Crippen molar-refractivity contribution in [1.29, 1.82) is 0 Å². The van der Waals surface area contributed by atoms with Crippen molar-refractivity contribution in [1.82, 2.24) is 9.47 Å². The van der Waals surface area contributed by atoms with Crippen LogP contribution in [-0.2, 0) is 13.1 Å². The Morgan fingerprint density at radius 1 is 1.11 bits per heavy atom. The van der Waals surface area contributed by atoms with Gasteiger partial charge in [0.2, 0.25) is 0 Å². The minimum absolute atomic E-state index is 0.477. The van der Waals surface area contributed by atoms with Gasteiger partial charge in [0.05, 0.1) is 0 Å². The maximum Gasteiger partial charge on any atom is 0.122 e. The summed E-state index contributed by atoms with van der Waals surface area (Å²) in [6.45, 7) is 10.2. The fraction of sp³-hybridized carbons (Fsp3) is 0.500. The molecule has 0 aliphatic carbocycles. The summed E-state index contributed by atoms with van der Waals surface area (Å²) < 4.78 is 16.3. The molecule has 0 spiro atoms. The molecule has 3 heteroatoms. The zero-order chi connectivity index (χ0) is 19.2. The summed E-state index contributed by atoms with van der Waals surface area (Å²) in [7, 11) is 0. The minimum Gasteiger partial charge on any atom is -0.343 e. The molecule has 1 aromatic carbocycles. The molecule has 1 unspecified atom stereocenters. The normalized spacial score (nSPS) is 17.3. The smallest absolute Gasteiger partial charge is 0.122 e. The zero-order valence-corrected chi connectivity index (χ0v) is 17.0. The van der Waals surface area contributed by atoms with E-state index in [1.807, 2.05) is 20.8 Å². The van der Waals surface area contributed by atoms with Gasteiger partial charge in [-0.1, -0.05) is 47.9 Å². The van der Waals surface area contributed by atoms with Crippen molar-refractivity contribution in [2.24, 2.45) is 0 Å². The number of allylic oxidation sites excluding steroid dienone is 4. The first kappa shape index (κ1) is 19.9. The first-order chi connectivity index (χ1) is 13.0. The second-order valence-electron chi connectivity index (χ2n) is 8.18. The van der Waals surface area contributed by atoms with Gasteiger partial charge in [-0.25, -0.2) is 4.39 Å². The molecule has 0 amide bonds. The quantitative estimate of drug-likeness (QED) is 0.523. The summed E-state index contributed by atoms with van der Waals surface area (Å²) in [5.41, 5.74) is 4.82. The number of likely N-dealkylation sites (tertiary alicyclic amines) is 1. The maximum atomic E-state index is 14.0. The van der Waals surface area contributed by atoms with Crippen LogP contribution in [0.4, 0.5) is 4.39 Å². The Balaban J connectivity index is 1.74. The average Bonchev–Trinajstić information content (AvgIpc) is 2.98. The van der Waals surface area contributed by atoms with E-state index in [4.69, 9.17) is 0 Å². The number of hydrogen-bond acceptors (Lipinski definition) is 1. The van der Waals surface area contributed by atoms with Crippen molar-refractivity contribution < 1.29 is 4.39 Å². The van der Waals surface area contributed by atoms with E-state index in [0.29, 0.717) is 6.42 Å². The van der Waals surface area contributed by atoms with E-state index in [1.54, 1.807) is 6.08 Å². The molecule has 1 aromatic heterocycles. The highest BCUT2D eigenvalue weighted by Gasteiger charge is 2.14. The van der Waals surface area contributed by atoms with E-state index < -0.39 is 6.17 Å². The van der Waals surface area contributed by atoms with Crippen LogP contribution in [0.5, 0.6) is 0 Å². The van der Waals surface area contributed by atoms with Crippen molar-refractivity contribution in [3.8, 4) is 0 Å². The molecule has 27 heavy (non-hydrogen) atoms. The van der Waals surface area contributed by atoms with E-state index in [9.17, 15) is 4.39 Å². The van der Waals surface area contributed by atoms with E-state index in [0.717, 1.165) is 24.2 Å². The number of fused-ring (bicyclic) bond motifs is 1. The summed E-state index contributed by atoms with van der Waals surface area (Å²) >= 11 is 0. The van der Waals surface area contributed by atoms with Crippen molar-refractivity contribution in [3.05, 3.63) is 59.3 Å². The molecule has 1 fully saturated rings. The summed E-state index contributed by atoms with van der Waals surface area (Å²) in [5, 5.41) is 1.35. The van der Waals surface area contributed by atoms with Gasteiger partial charge in [-0.05, 0) is 58.3 Å². The molecule has 1 aliphatic rings. The third-order valence-electron chi connectivity index (χ3n) is 5.38. The fourth-order valence-corrected chi connectivity index (χ4v) is 4.02. The van der Waals surface area contributed by atoms with Crippen LogP contribution in [-0.4, -0.2) is 28.7 Å². The molecule has 1 saturated heterocycles. The average molecular weight is 369 g/mol. The highest BCUT2D eigenvalue weighted by atomic mass is 19.1. The van der Waals surface area contributed by atoms with Gasteiger partial charge in [0, 0.05) is 36.6 Å². The van der Waals surface area contributed by atoms with Crippen molar-refractivity contribution in [3.63, 3.8) is 0 Å². The monoisotopic (exact) mass is 368 g/mol. The maximum absolute atomic E-state index is 14.0. The molecule has 0 N–H and O–H groups in total. The number of halogens is 1. The molecule has 0 bridgehead atoms. The van der Waals surface area contributed by atoms with Crippen molar-refractivity contribution >= 4 is 10.9 Å². The van der Waals surface area contributed by atoms with Gasteiger partial charge >= 0.3 is 0 Å². The molecule has 2 aromatic rings. The number of para-hydroxylation sites is 1. The van der Waals surface area contributed by atoms with Gasteiger partial charge in [-0.15, -0.1) is 0 Å². The number of rotatable bonds is 7. The van der Waals surface area contributed by atoms with E-state index in [2.05, 4.69) is 46.0 Å². The van der Waals surface area contributed by atoms with Crippen molar-refractivity contribution in [2.45, 2.75) is 65.7 Å². The summed E-state index contributed by atoms with van der Waals surface area (Å²) in [4.78, 5) is 2.57. The molecular weight excluding hydrogens is 335 g/mol. The summed E-state index contributed by atoms with van der Waals surface area (Å²) in [6.07, 6.45) is 9.76. The van der Waals surface area contributed by atoms with Crippen LogP contribution in [0.1, 0.15) is 52.0 Å². The third-order valence-corrected chi connectivity index (χ3v) is 5.38. The minimum atomic E-state index is -0.887. The number of benzene rings is 1. The second-order valence-corrected chi connectivity index (χ2v) is 8.18. The standard InChI is InChI=1S/C24H33FN2/c1-19(2)15-22(25)16-20(3)11-14-27-18-21(17-26-12-7-4-8-13-26)23-9-5-6-10-24(23)27/h5-6,9-11,15,18,22H,4,7-8,12-14,16-17H2,1-3H3/b20-11+. The first-order valence-corrected chi connectivity index (χ1v) is 10.3. The Labute approximate surface area is 163 Å². The van der Waals surface area contributed by atoms with Gasteiger partial charge in [0.1, 0.15) is 6.17 Å². The van der Waals surface area contributed by atoms with Crippen LogP contribution in [0, 0.1) is 0 Å². The lowest BCUT2D eigenvalue weighted by Crippen LogP contribution is -2.28. The summed E-state index contributed by atoms with van der Waals surface area (Å²) in [5.74, 6) is 0. The third kappa shape index (κ3) is 5.55. The molecule has 146 valence electrons. The molecular formula is C24H33FN2. The predicted molar refractivity (Wildman–Crippen MR) is 114 cm³/mol. The lowest BCUT2D eigenvalue weighted by Gasteiger charge is -2.26. The summed E-state index contributed by atoms with van der Waals surface area (Å²) in [6, 6.07) is 8.65. The van der Waals surface area contributed by atoms with Gasteiger partial charge in [-0.2, -0.15) is 0 Å². The zero-order valence-electron chi connectivity index (χ0n) is 17.0. The first-order valence-electron chi connectivity index (χ1n) is 10.3. The van der Waals surface area contributed by atoms with Crippen molar-refractivity contribution in [2.75, 3.05) is 13.1 Å². The number of hydrogen-bond donors (Lipinski definition) is 0. The molecule has 3 rings (SSSR count). The van der Waals surface area contributed by atoms with Crippen LogP contribution in [0.25, 0.3) is 10.9 Å². The molecule has 0 saturated carbocycles. The number of aromatic nitrogens is 1. The van der Waals surface area contributed by atoms with Gasteiger partial charge < -0.3 is 4.57 Å². The number of alkyl halides is 1. The van der Waals surface area contributed by atoms with Crippen LogP contribution < -0.4 is 0 Å². The topological polar surface area (TPSA) is 8.17 Å². The molecule has 1 aliphatic heterocycles. The Bertz CT molecular complexity index is 805. The van der Waals surface area contributed by atoms with E-state index in [1.165, 1.54) is 48.8 Å². The van der Waals surface area contributed by atoms with Gasteiger partial charge in [-0.3, -0.25) is 4.90 Å².